The summed E-state index contributed by atoms with van der Waals surface area (Å²) in [6, 6.07) is 0. The molecule has 1 amide bonds. The topological polar surface area (TPSA) is 55.1 Å². The summed E-state index contributed by atoms with van der Waals surface area (Å²) in [6.45, 7) is 5.78. The number of amides is 1. The van der Waals surface area contributed by atoms with Gasteiger partial charge < -0.3 is 9.73 Å². The number of nitrogens with zero attached hydrogens (tertiary/aromatic N) is 1. The van der Waals surface area contributed by atoms with Crippen LogP contribution in [-0.4, -0.2) is 17.4 Å². The Morgan fingerprint density at radius 1 is 1.85 bits per heavy atom. The molecule has 1 aromatic heterocycles. The zero-order valence-corrected chi connectivity index (χ0v) is 7.54. The zero-order chi connectivity index (χ0) is 9.68. The van der Waals surface area contributed by atoms with Gasteiger partial charge >= 0.3 is 0 Å². The Morgan fingerprint density at radius 3 is 3.15 bits per heavy atom. The molecule has 0 bridgehead atoms. The highest BCUT2D eigenvalue weighted by molar-refractivity contribution is 5.78. The maximum atomic E-state index is 11.2. The molecule has 0 aliphatic rings. The van der Waals surface area contributed by atoms with E-state index in [9.17, 15) is 4.79 Å². The van der Waals surface area contributed by atoms with Crippen LogP contribution in [0.5, 0.6) is 0 Å². The molecule has 1 aromatic rings. The fraction of sp³-hybridized carbons (Fsp3) is 0.333. The lowest BCUT2D eigenvalue weighted by Crippen LogP contribution is -2.24. The van der Waals surface area contributed by atoms with Crippen LogP contribution >= 0.6 is 0 Å². The number of nitrogens with one attached hydrogen (secondary N) is 1. The Balaban J connectivity index is 2.45. The summed E-state index contributed by atoms with van der Waals surface area (Å²) < 4.78 is 5.02. The molecule has 0 unspecified atom stereocenters. The van der Waals surface area contributed by atoms with Crippen molar-refractivity contribution in [1.82, 2.24) is 10.3 Å². The zero-order valence-electron chi connectivity index (χ0n) is 7.54. The van der Waals surface area contributed by atoms with E-state index in [-0.39, 0.29) is 12.3 Å². The van der Waals surface area contributed by atoms with Crippen molar-refractivity contribution in [2.45, 2.75) is 13.3 Å². The molecule has 1 N–H and O–H groups in total. The van der Waals surface area contributed by atoms with E-state index in [1.165, 1.54) is 6.39 Å². The lowest BCUT2D eigenvalue weighted by molar-refractivity contribution is -0.120. The van der Waals surface area contributed by atoms with Gasteiger partial charge in [0.2, 0.25) is 5.91 Å². The molecule has 0 fully saturated rings. The van der Waals surface area contributed by atoms with E-state index in [0.29, 0.717) is 12.3 Å². The second kappa shape index (κ2) is 4.45. The third kappa shape index (κ3) is 2.74. The van der Waals surface area contributed by atoms with Gasteiger partial charge in [0, 0.05) is 6.54 Å². The normalized spacial score (nSPS) is 9.62. The van der Waals surface area contributed by atoms with E-state index in [1.54, 1.807) is 13.0 Å². The molecule has 4 heteroatoms. The minimum Gasteiger partial charge on any atom is -0.448 e. The molecule has 70 valence electrons. The van der Waals surface area contributed by atoms with Crippen molar-refractivity contribution in [1.29, 1.82) is 0 Å². The number of oxazole rings is 1. The first-order valence-corrected chi connectivity index (χ1v) is 4.00. The van der Waals surface area contributed by atoms with Gasteiger partial charge in [-0.1, -0.05) is 6.08 Å². The van der Waals surface area contributed by atoms with Crippen LogP contribution in [0.1, 0.15) is 11.5 Å². The van der Waals surface area contributed by atoms with Gasteiger partial charge in [-0.05, 0) is 6.92 Å². The minimum absolute atomic E-state index is 0.0836. The van der Waals surface area contributed by atoms with Gasteiger partial charge in [0.1, 0.15) is 5.76 Å². The number of hydrogen-bond acceptors (Lipinski definition) is 3. The first-order chi connectivity index (χ1) is 6.24. The average Bonchev–Trinajstić information content (AvgIpc) is 2.48. The lowest BCUT2D eigenvalue weighted by atomic mass is 10.2. The van der Waals surface area contributed by atoms with Crippen LogP contribution in [0.3, 0.4) is 0 Å². The monoisotopic (exact) mass is 180 g/mol. The molecule has 1 heterocycles. The minimum atomic E-state index is -0.0836. The van der Waals surface area contributed by atoms with Crippen molar-refractivity contribution < 1.29 is 9.21 Å². The number of carbonyl (C=O) groups excluding carboxylic acids is 1. The quantitative estimate of drug-likeness (QED) is 0.698. The third-order valence-corrected chi connectivity index (χ3v) is 1.61. The molecular weight excluding hydrogens is 168 g/mol. The Hall–Kier alpha value is -1.58. The van der Waals surface area contributed by atoms with Crippen LogP contribution in [0.25, 0.3) is 0 Å². The molecule has 4 nitrogen and oxygen atoms in total. The van der Waals surface area contributed by atoms with Crippen molar-refractivity contribution in [3.05, 3.63) is 30.5 Å². The van der Waals surface area contributed by atoms with Gasteiger partial charge in [0.15, 0.2) is 6.39 Å². The van der Waals surface area contributed by atoms with E-state index in [1.807, 2.05) is 0 Å². The van der Waals surface area contributed by atoms with E-state index in [0.717, 1.165) is 5.69 Å². The van der Waals surface area contributed by atoms with Crippen molar-refractivity contribution in [2.24, 2.45) is 0 Å². The van der Waals surface area contributed by atoms with Crippen molar-refractivity contribution in [3.63, 3.8) is 0 Å². The van der Waals surface area contributed by atoms with E-state index in [4.69, 9.17) is 4.42 Å². The summed E-state index contributed by atoms with van der Waals surface area (Å²) in [5.41, 5.74) is 0.758. The number of carbonyl (C=O) groups is 1. The highest BCUT2D eigenvalue weighted by Crippen LogP contribution is 2.04. The van der Waals surface area contributed by atoms with Crippen LogP contribution in [0.4, 0.5) is 0 Å². The largest absolute Gasteiger partial charge is 0.448 e. The molecule has 1 rings (SSSR count). The van der Waals surface area contributed by atoms with Crippen molar-refractivity contribution >= 4 is 5.91 Å². The third-order valence-electron chi connectivity index (χ3n) is 1.61. The second-order valence-corrected chi connectivity index (χ2v) is 2.63. The van der Waals surface area contributed by atoms with Crippen molar-refractivity contribution in [3.8, 4) is 0 Å². The highest BCUT2D eigenvalue weighted by atomic mass is 16.3. The fourth-order valence-corrected chi connectivity index (χ4v) is 0.890. The second-order valence-electron chi connectivity index (χ2n) is 2.63. The average molecular weight is 180 g/mol. The molecule has 0 saturated heterocycles. The standard InChI is InChI=1S/C9H12N2O2/c1-3-4-10-9(12)5-8-7(2)11-6-13-8/h3,6H,1,4-5H2,2H3,(H,10,12). The summed E-state index contributed by atoms with van der Waals surface area (Å²) in [4.78, 5) is 15.1. The number of rotatable bonds is 4. The maximum absolute atomic E-state index is 11.2. The van der Waals surface area contributed by atoms with Crippen LogP contribution in [0, 0.1) is 6.92 Å². The summed E-state index contributed by atoms with van der Waals surface area (Å²) in [6.07, 6.45) is 3.20. The molecule has 0 radical (unpaired) electrons. The van der Waals surface area contributed by atoms with Crippen LogP contribution < -0.4 is 5.32 Å². The lowest BCUT2D eigenvalue weighted by Gasteiger charge is -1.99. The van der Waals surface area contributed by atoms with E-state index < -0.39 is 0 Å². The number of hydrogen-bond donors (Lipinski definition) is 1. The first-order valence-electron chi connectivity index (χ1n) is 4.00. The predicted octanol–water partition coefficient (Wildman–Crippen LogP) is 0.828. The van der Waals surface area contributed by atoms with E-state index >= 15 is 0 Å². The SMILES string of the molecule is C=CCNC(=O)Cc1ocnc1C. The van der Waals surface area contributed by atoms with E-state index in [2.05, 4.69) is 16.9 Å². The van der Waals surface area contributed by atoms with Gasteiger partial charge in [-0.15, -0.1) is 6.58 Å². The Labute approximate surface area is 76.7 Å². The smallest absolute Gasteiger partial charge is 0.227 e. The van der Waals surface area contributed by atoms with Gasteiger partial charge in [0.05, 0.1) is 12.1 Å². The number of aromatic nitrogens is 1. The Bertz CT molecular complexity index is 304. The first kappa shape index (κ1) is 9.51. The molecule has 0 aromatic carbocycles. The maximum Gasteiger partial charge on any atom is 0.227 e. The van der Waals surface area contributed by atoms with Crippen LogP contribution in [0.2, 0.25) is 0 Å². The summed E-state index contributed by atoms with van der Waals surface area (Å²) in [5, 5.41) is 2.65. The van der Waals surface area contributed by atoms with Gasteiger partial charge in [0.25, 0.3) is 0 Å². The molecular formula is C9H12N2O2. The highest BCUT2D eigenvalue weighted by Gasteiger charge is 2.08. The molecule has 0 aliphatic heterocycles. The molecule has 13 heavy (non-hydrogen) atoms. The number of aryl methyl sites for hydroxylation is 1. The fourth-order valence-electron chi connectivity index (χ4n) is 0.890. The predicted molar refractivity (Wildman–Crippen MR) is 48.2 cm³/mol. The van der Waals surface area contributed by atoms with Gasteiger partial charge in [-0.2, -0.15) is 0 Å². The summed E-state index contributed by atoms with van der Waals surface area (Å²) in [5.74, 6) is 0.529. The van der Waals surface area contributed by atoms with Gasteiger partial charge in [-0.25, -0.2) is 4.98 Å². The van der Waals surface area contributed by atoms with Crippen LogP contribution in [0.15, 0.2) is 23.5 Å². The molecule has 0 aliphatic carbocycles. The summed E-state index contributed by atoms with van der Waals surface area (Å²) >= 11 is 0. The van der Waals surface area contributed by atoms with Gasteiger partial charge in [-0.3, -0.25) is 4.79 Å². The molecule has 0 atom stereocenters. The van der Waals surface area contributed by atoms with Crippen LogP contribution in [-0.2, 0) is 11.2 Å². The Kier molecular flexibility index (Phi) is 3.25. The Morgan fingerprint density at radius 2 is 2.62 bits per heavy atom. The summed E-state index contributed by atoms with van der Waals surface area (Å²) in [7, 11) is 0. The molecule has 0 spiro atoms. The van der Waals surface area contributed by atoms with Crippen molar-refractivity contribution in [2.75, 3.05) is 6.54 Å². The molecule has 0 saturated carbocycles.